The molecule has 1 aliphatic carbocycles. The molecular weight excluding hydrogens is 280 g/mol. The highest BCUT2D eigenvalue weighted by atomic mass is 16.5. The molecule has 22 heavy (non-hydrogen) atoms. The molecule has 1 saturated carbocycles. The second-order valence-corrected chi connectivity index (χ2v) is 5.78. The third-order valence-electron chi connectivity index (χ3n) is 4.34. The Morgan fingerprint density at radius 2 is 1.73 bits per heavy atom. The maximum absolute atomic E-state index is 12.3. The molecule has 1 aromatic heterocycles. The highest BCUT2D eigenvalue weighted by Crippen LogP contribution is 2.25. The Balaban J connectivity index is 1.91. The summed E-state index contributed by atoms with van der Waals surface area (Å²) in [6.45, 7) is 0.650. The van der Waals surface area contributed by atoms with Gasteiger partial charge in [0.15, 0.2) is 0 Å². The molecule has 0 radical (unpaired) electrons. The van der Waals surface area contributed by atoms with Crippen LogP contribution in [0.5, 0.6) is 5.75 Å². The van der Waals surface area contributed by atoms with E-state index >= 15 is 0 Å². The lowest BCUT2D eigenvalue weighted by molar-refractivity contribution is 0.414. The number of hydrogen-bond donors (Lipinski definition) is 0. The van der Waals surface area contributed by atoms with E-state index in [4.69, 9.17) is 4.74 Å². The summed E-state index contributed by atoms with van der Waals surface area (Å²) in [5.41, 5.74) is -0.299. The highest BCUT2D eigenvalue weighted by Gasteiger charge is 2.17. The molecule has 0 amide bonds. The van der Waals surface area contributed by atoms with Gasteiger partial charge in [-0.2, -0.15) is 0 Å². The number of nitrogens with zero attached hydrogens (tertiary/aromatic N) is 2. The minimum absolute atomic E-state index is 0.454. The van der Waals surface area contributed by atoms with Crippen LogP contribution in [0.2, 0.25) is 0 Å². The topological polar surface area (TPSA) is 53.2 Å². The number of hydrogen-bond acceptors (Lipinski definition) is 3. The number of methoxy groups -OCH3 is 1. The fourth-order valence-electron chi connectivity index (χ4n) is 3.07. The Morgan fingerprint density at radius 3 is 2.36 bits per heavy atom. The molecule has 0 bridgehead atoms. The molecule has 0 N–H and O–H groups in total. The lowest BCUT2D eigenvalue weighted by atomic mass is 10.1. The lowest BCUT2D eigenvalue weighted by Crippen LogP contribution is -2.40. The van der Waals surface area contributed by atoms with Gasteiger partial charge in [0.05, 0.1) is 7.11 Å². The molecule has 5 heteroatoms. The van der Waals surface area contributed by atoms with Crippen molar-refractivity contribution in [2.75, 3.05) is 7.11 Å². The molecule has 0 unspecified atom stereocenters. The van der Waals surface area contributed by atoms with Gasteiger partial charge in [-0.15, -0.1) is 0 Å². The van der Waals surface area contributed by atoms with Crippen molar-refractivity contribution >= 4 is 0 Å². The third kappa shape index (κ3) is 2.84. The van der Waals surface area contributed by atoms with Crippen LogP contribution >= 0.6 is 0 Å². The zero-order valence-electron chi connectivity index (χ0n) is 12.7. The molecule has 2 aromatic rings. The van der Waals surface area contributed by atoms with Gasteiger partial charge < -0.3 is 9.30 Å². The van der Waals surface area contributed by atoms with E-state index in [1.807, 2.05) is 0 Å². The number of aromatic nitrogens is 2. The van der Waals surface area contributed by atoms with Gasteiger partial charge in [-0.25, -0.2) is 0 Å². The monoisotopic (exact) mass is 300 g/mol. The quantitative estimate of drug-likeness (QED) is 0.813. The average molecular weight is 300 g/mol. The Kier molecular flexibility index (Phi) is 4.13. The fourth-order valence-corrected chi connectivity index (χ4v) is 3.07. The third-order valence-corrected chi connectivity index (χ3v) is 4.34. The first-order valence-electron chi connectivity index (χ1n) is 7.65. The minimum Gasteiger partial charge on any atom is -0.497 e. The molecule has 0 spiro atoms. The van der Waals surface area contributed by atoms with E-state index in [9.17, 15) is 9.59 Å². The van der Waals surface area contributed by atoms with E-state index < -0.39 is 11.1 Å². The maximum Gasteiger partial charge on any atom is 0.320 e. The van der Waals surface area contributed by atoms with Crippen molar-refractivity contribution in [3.8, 4) is 11.4 Å². The molecule has 0 atom stereocenters. The lowest BCUT2D eigenvalue weighted by Gasteiger charge is -2.13. The van der Waals surface area contributed by atoms with E-state index in [0.29, 0.717) is 23.9 Å². The van der Waals surface area contributed by atoms with Gasteiger partial charge >= 0.3 is 11.1 Å². The SMILES string of the molecule is COc1ccc(-n2ccn(CC3CCCC3)c(=O)c2=O)cc1. The molecule has 0 aliphatic heterocycles. The Hall–Kier alpha value is -2.30. The van der Waals surface area contributed by atoms with Crippen LogP contribution in [0.4, 0.5) is 0 Å². The number of rotatable bonds is 4. The summed E-state index contributed by atoms with van der Waals surface area (Å²) in [5, 5.41) is 0. The van der Waals surface area contributed by atoms with Crippen LogP contribution < -0.4 is 15.9 Å². The van der Waals surface area contributed by atoms with Gasteiger partial charge in [-0.1, -0.05) is 12.8 Å². The van der Waals surface area contributed by atoms with Crippen LogP contribution in [0.15, 0.2) is 46.2 Å². The smallest absolute Gasteiger partial charge is 0.320 e. The Bertz CT molecular complexity index is 753. The van der Waals surface area contributed by atoms with Crippen LogP contribution in [0, 0.1) is 5.92 Å². The Labute approximate surface area is 128 Å². The highest BCUT2D eigenvalue weighted by molar-refractivity contribution is 5.37. The van der Waals surface area contributed by atoms with Crippen molar-refractivity contribution < 1.29 is 4.74 Å². The van der Waals surface area contributed by atoms with Gasteiger partial charge in [0, 0.05) is 24.6 Å². The zero-order chi connectivity index (χ0) is 15.5. The molecule has 5 nitrogen and oxygen atoms in total. The average Bonchev–Trinajstić information content (AvgIpc) is 3.05. The van der Waals surface area contributed by atoms with Crippen molar-refractivity contribution in [3.63, 3.8) is 0 Å². The first-order chi connectivity index (χ1) is 10.7. The van der Waals surface area contributed by atoms with E-state index in [2.05, 4.69) is 0 Å². The van der Waals surface area contributed by atoms with Crippen molar-refractivity contribution in [2.45, 2.75) is 32.2 Å². The molecule has 3 rings (SSSR count). The standard InChI is InChI=1S/C17H20N2O3/c1-22-15-8-6-14(7-9-15)19-11-10-18(16(20)17(19)21)12-13-4-2-3-5-13/h6-11,13H,2-5,12H2,1H3. The zero-order valence-corrected chi connectivity index (χ0v) is 12.7. The summed E-state index contributed by atoms with van der Waals surface area (Å²) in [4.78, 5) is 24.6. The summed E-state index contributed by atoms with van der Waals surface area (Å²) in [6.07, 6.45) is 8.12. The van der Waals surface area contributed by atoms with Crippen LogP contribution in [-0.4, -0.2) is 16.2 Å². The minimum atomic E-state index is -0.509. The summed E-state index contributed by atoms with van der Waals surface area (Å²) in [6, 6.07) is 7.07. The Morgan fingerprint density at radius 1 is 1.05 bits per heavy atom. The molecule has 0 saturated heterocycles. The number of benzene rings is 1. The second kappa shape index (κ2) is 6.22. The molecular formula is C17H20N2O3. The molecule has 1 heterocycles. The molecule has 1 fully saturated rings. The predicted octanol–water partition coefficient (Wildman–Crippen LogP) is 2.20. The number of ether oxygens (including phenoxy) is 1. The van der Waals surface area contributed by atoms with Crippen molar-refractivity contribution in [1.29, 1.82) is 0 Å². The van der Waals surface area contributed by atoms with E-state index in [1.165, 1.54) is 17.4 Å². The van der Waals surface area contributed by atoms with E-state index in [-0.39, 0.29) is 0 Å². The summed E-state index contributed by atoms with van der Waals surface area (Å²) in [7, 11) is 1.59. The molecule has 116 valence electrons. The van der Waals surface area contributed by atoms with E-state index in [0.717, 1.165) is 12.8 Å². The summed E-state index contributed by atoms with van der Waals surface area (Å²) in [5.74, 6) is 1.24. The van der Waals surface area contributed by atoms with Crippen LogP contribution in [0.1, 0.15) is 25.7 Å². The largest absolute Gasteiger partial charge is 0.497 e. The summed E-state index contributed by atoms with van der Waals surface area (Å²) < 4.78 is 8.04. The fraction of sp³-hybridized carbons (Fsp3) is 0.412. The van der Waals surface area contributed by atoms with Gasteiger partial charge in [0.2, 0.25) is 0 Å². The van der Waals surface area contributed by atoms with Crippen LogP contribution in [0.25, 0.3) is 5.69 Å². The normalized spacial score (nSPS) is 15.1. The second-order valence-electron chi connectivity index (χ2n) is 5.78. The van der Waals surface area contributed by atoms with Gasteiger partial charge in [-0.05, 0) is 43.0 Å². The first-order valence-corrected chi connectivity index (χ1v) is 7.65. The molecule has 1 aliphatic rings. The predicted molar refractivity (Wildman–Crippen MR) is 84.8 cm³/mol. The van der Waals surface area contributed by atoms with Crippen LogP contribution in [-0.2, 0) is 6.54 Å². The van der Waals surface area contributed by atoms with Crippen molar-refractivity contribution in [2.24, 2.45) is 5.92 Å². The summed E-state index contributed by atoms with van der Waals surface area (Å²) >= 11 is 0. The maximum atomic E-state index is 12.3. The first kappa shape index (κ1) is 14.6. The van der Waals surface area contributed by atoms with Gasteiger partial charge in [0.1, 0.15) is 5.75 Å². The van der Waals surface area contributed by atoms with Gasteiger partial charge in [-0.3, -0.25) is 14.2 Å². The molecule has 1 aromatic carbocycles. The van der Waals surface area contributed by atoms with E-state index in [1.54, 1.807) is 48.3 Å². The van der Waals surface area contributed by atoms with Gasteiger partial charge in [0.25, 0.3) is 0 Å². The van der Waals surface area contributed by atoms with Crippen LogP contribution in [0.3, 0.4) is 0 Å². The van der Waals surface area contributed by atoms with Crippen molar-refractivity contribution in [1.82, 2.24) is 9.13 Å². The van der Waals surface area contributed by atoms with Crippen molar-refractivity contribution in [3.05, 3.63) is 57.4 Å².